The van der Waals surface area contributed by atoms with Crippen LogP contribution in [0.15, 0.2) is 11.3 Å². The van der Waals surface area contributed by atoms with Crippen LogP contribution in [-0.4, -0.2) is 32.5 Å². The summed E-state index contributed by atoms with van der Waals surface area (Å²) in [6.45, 7) is 1.74. The molecule has 0 radical (unpaired) electrons. The first-order chi connectivity index (χ1) is 5.09. The summed E-state index contributed by atoms with van der Waals surface area (Å²) in [4.78, 5) is 12.9. The number of amides is 1. The monoisotopic (exact) mass is 169 g/mol. The maximum Gasteiger partial charge on any atom is 0.240 e. The summed E-state index contributed by atoms with van der Waals surface area (Å²) in [5.74, 6) is 0.683. The molecule has 1 atom stereocenters. The van der Waals surface area contributed by atoms with Crippen LogP contribution in [0.1, 0.15) is 6.92 Å². The van der Waals surface area contributed by atoms with Gasteiger partial charge in [0, 0.05) is 18.9 Å². The highest BCUT2D eigenvalue weighted by atomic mass is 32.1. The first kappa shape index (κ1) is 8.59. The third-order valence-electron chi connectivity index (χ3n) is 2.07. The molecule has 0 aromatic heterocycles. The van der Waals surface area contributed by atoms with Gasteiger partial charge in [-0.1, -0.05) is 0 Å². The topological polar surface area (TPSA) is 29.5 Å². The molecule has 6 heteroatoms. The number of hydrogen-bond donors (Lipinski definition) is 1. The van der Waals surface area contributed by atoms with Crippen LogP contribution < -0.4 is 0 Å². The Bertz CT molecular complexity index is 231. The highest BCUT2D eigenvalue weighted by Gasteiger charge is 2.31. The summed E-state index contributed by atoms with van der Waals surface area (Å²) in [7, 11) is 3.65. The lowest BCUT2D eigenvalue weighted by atomic mass is 9.92. The molecule has 0 aromatic rings. The van der Waals surface area contributed by atoms with Crippen molar-refractivity contribution in [2.75, 3.05) is 0 Å². The van der Waals surface area contributed by atoms with Crippen molar-refractivity contribution < 1.29 is 8.98 Å². The van der Waals surface area contributed by atoms with Crippen molar-refractivity contribution in [3.63, 3.8) is 0 Å². The summed E-state index contributed by atoms with van der Waals surface area (Å²) in [6.07, 6.45) is 0. The average molecular weight is 169 g/mol. The lowest BCUT2D eigenvalue weighted by Gasteiger charge is -2.17. The van der Waals surface area contributed by atoms with Gasteiger partial charge in [0.05, 0.1) is 5.57 Å². The molecule has 58 valence electrons. The Labute approximate surface area is 73.2 Å². The minimum Gasteiger partial charge on any atom is -0.432 e. The van der Waals surface area contributed by atoms with Gasteiger partial charge in [0.15, 0.2) is 0 Å². The molecule has 0 bridgehead atoms. The van der Waals surface area contributed by atoms with E-state index in [9.17, 15) is 4.79 Å². The zero-order valence-electron chi connectivity index (χ0n) is 6.79. The van der Waals surface area contributed by atoms with Gasteiger partial charge in [-0.05, 0) is 6.92 Å². The van der Waals surface area contributed by atoms with Gasteiger partial charge in [-0.3, -0.25) is 4.79 Å². The van der Waals surface area contributed by atoms with Crippen LogP contribution in [0.3, 0.4) is 0 Å². The molecule has 1 rings (SSSR count). The molecule has 0 aromatic carbocycles. The maximum atomic E-state index is 11.2. The Morgan fingerprint density at radius 3 is 2.45 bits per heavy atom. The molecule has 1 unspecified atom stereocenters. The highest BCUT2D eigenvalue weighted by Crippen LogP contribution is 2.23. The van der Waals surface area contributed by atoms with Crippen LogP contribution in [0, 0.1) is 0 Å². The molecule has 0 saturated carbocycles. The highest BCUT2D eigenvalue weighted by molar-refractivity contribution is 7.75. The van der Waals surface area contributed by atoms with Gasteiger partial charge in [-0.25, -0.2) is 0 Å². The van der Waals surface area contributed by atoms with E-state index in [4.69, 9.17) is 4.18 Å². The van der Waals surface area contributed by atoms with E-state index >= 15 is 0 Å². The Morgan fingerprint density at radius 2 is 2.27 bits per heavy atom. The minimum atomic E-state index is 0.0139. The fraction of sp³-hybridized carbons (Fsp3) is 0.400. The van der Waals surface area contributed by atoms with E-state index in [0.717, 1.165) is 0 Å². The molecule has 1 aliphatic heterocycles. The van der Waals surface area contributed by atoms with E-state index in [-0.39, 0.29) is 11.8 Å². The summed E-state index contributed by atoms with van der Waals surface area (Å²) >= 11 is 3.68. The predicted octanol–water partition coefficient (Wildman–Crippen LogP) is -1.53. The summed E-state index contributed by atoms with van der Waals surface area (Å²) in [5, 5.41) is 0. The Kier molecular flexibility index (Phi) is 2.22. The molecule has 1 aliphatic rings. The second kappa shape index (κ2) is 2.85. The van der Waals surface area contributed by atoms with Crippen LogP contribution in [-0.2, 0) is 8.98 Å². The molecule has 0 fully saturated rings. The van der Waals surface area contributed by atoms with Crippen LogP contribution >= 0.6 is 12.9 Å². The van der Waals surface area contributed by atoms with Crippen molar-refractivity contribution in [3.8, 4) is 0 Å². The van der Waals surface area contributed by atoms with Crippen molar-refractivity contribution in [2.24, 2.45) is 0 Å². The number of carbonyl (C=O) groups excluding carboxylic acids is 1. The van der Waals surface area contributed by atoms with Crippen LogP contribution in [0.2, 0.25) is 0 Å². The minimum absolute atomic E-state index is 0.0139. The summed E-state index contributed by atoms with van der Waals surface area (Å²) in [6, 6.07) is 0. The SMILES string of the molecule is BC1C(OS)=C(C)C(=O)N1B. The molecule has 1 amide bonds. The van der Waals surface area contributed by atoms with Crippen molar-refractivity contribution >= 4 is 34.6 Å². The van der Waals surface area contributed by atoms with E-state index in [0.29, 0.717) is 11.3 Å². The Morgan fingerprint density at radius 1 is 1.73 bits per heavy atom. The van der Waals surface area contributed by atoms with Crippen LogP contribution in [0.4, 0.5) is 0 Å². The smallest absolute Gasteiger partial charge is 0.240 e. The quantitative estimate of drug-likeness (QED) is 0.293. The number of carbonyl (C=O) groups is 1. The second-order valence-electron chi connectivity index (χ2n) is 2.67. The zero-order valence-corrected chi connectivity index (χ0v) is 7.68. The first-order valence-electron chi connectivity index (χ1n) is 3.39. The third kappa shape index (κ3) is 1.15. The molecule has 0 spiro atoms. The maximum absolute atomic E-state index is 11.2. The van der Waals surface area contributed by atoms with Crippen molar-refractivity contribution in [1.29, 1.82) is 0 Å². The van der Waals surface area contributed by atoms with Crippen LogP contribution in [0.5, 0.6) is 0 Å². The average Bonchev–Trinajstić information content (AvgIpc) is 2.17. The van der Waals surface area contributed by atoms with Gasteiger partial charge in [0.25, 0.3) is 0 Å². The van der Waals surface area contributed by atoms with Gasteiger partial charge < -0.3 is 8.99 Å². The molecule has 11 heavy (non-hydrogen) atoms. The lowest BCUT2D eigenvalue weighted by molar-refractivity contribution is -0.121. The third-order valence-corrected chi connectivity index (χ3v) is 2.27. The summed E-state index contributed by atoms with van der Waals surface area (Å²) < 4.78 is 4.79. The summed E-state index contributed by atoms with van der Waals surface area (Å²) in [5.41, 5.74) is 0.648. The molecule has 0 saturated heterocycles. The standard InChI is InChI=1S/C5H9B2NO2S/c1-2-3(10-11)4(6)8(7)5(2)9/h4,11H,6-7H2,1H3. The second-order valence-corrected chi connectivity index (χ2v) is 2.86. The largest absolute Gasteiger partial charge is 0.432 e. The molecule has 0 N–H and O–H groups in total. The lowest BCUT2D eigenvalue weighted by Crippen LogP contribution is -2.33. The molecular weight excluding hydrogens is 160 g/mol. The van der Waals surface area contributed by atoms with Crippen LogP contribution in [0.25, 0.3) is 0 Å². The van der Waals surface area contributed by atoms with Gasteiger partial charge in [0.2, 0.25) is 13.9 Å². The first-order valence-corrected chi connectivity index (χ1v) is 3.75. The van der Waals surface area contributed by atoms with E-state index in [1.54, 1.807) is 19.7 Å². The van der Waals surface area contributed by atoms with Crippen molar-refractivity contribution in [2.45, 2.75) is 12.9 Å². The predicted molar refractivity (Wildman–Crippen MR) is 50.5 cm³/mol. The van der Waals surface area contributed by atoms with E-state index < -0.39 is 0 Å². The fourth-order valence-corrected chi connectivity index (χ4v) is 1.47. The Hall–Kier alpha value is -0.510. The number of hydrogen-bond acceptors (Lipinski definition) is 3. The van der Waals surface area contributed by atoms with Gasteiger partial charge in [-0.2, -0.15) is 0 Å². The molecule has 1 heterocycles. The molecule has 0 aliphatic carbocycles. The van der Waals surface area contributed by atoms with Gasteiger partial charge >= 0.3 is 0 Å². The van der Waals surface area contributed by atoms with E-state index in [1.807, 2.05) is 7.85 Å². The normalized spacial score (nSPS) is 24.7. The fourth-order valence-electron chi connectivity index (χ4n) is 1.18. The Balaban J connectivity index is 2.98. The zero-order chi connectivity index (χ0) is 8.59. The number of rotatable bonds is 1. The number of thiol groups is 1. The van der Waals surface area contributed by atoms with Crippen molar-refractivity contribution in [1.82, 2.24) is 4.81 Å². The van der Waals surface area contributed by atoms with Gasteiger partial charge in [-0.15, -0.1) is 0 Å². The van der Waals surface area contributed by atoms with E-state index in [1.165, 1.54) is 0 Å². The molecular formula is C5H9B2NO2S. The number of nitrogens with zero attached hydrogens (tertiary/aromatic N) is 1. The van der Waals surface area contributed by atoms with Crippen molar-refractivity contribution in [3.05, 3.63) is 11.3 Å². The molecule has 3 nitrogen and oxygen atoms in total. The van der Waals surface area contributed by atoms with Gasteiger partial charge in [0.1, 0.15) is 13.6 Å². The van der Waals surface area contributed by atoms with E-state index in [2.05, 4.69) is 12.9 Å².